The number of carboxylic acid groups (broad SMARTS) is 1. The Labute approximate surface area is 94.9 Å². The van der Waals surface area contributed by atoms with Gasteiger partial charge in [0.1, 0.15) is 0 Å². The van der Waals surface area contributed by atoms with Crippen LogP contribution in [0.1, 0.15) is 19.5 Å². The number of nitrogens with zero attached hydrogens (tertiary/aromatic N) is 2. The van der Waals surface area contributed by atoms with Crippen LogP contribution in [0.2, 0.25) is 0 Å². The van der Waals surface area contributed by atoms with Gasteiger partial charge in [-0.2, -0.15) is 0 Å². The highest BCUT2D eigenvalue weighted by Gasteiger charge is 2.21. The molecular formula is C11H17N3O2. The summed E-state index contributed by atoms with van der Waals surface area (Å²) in [5, 5.41) is 11.9. The van der Waals surface area contributed by atoms with Crippen molar-refractivity contribution in [1.29, 1.82) is 0 Å². The standard InChI is InChI=1S/C11H17N3O2/c1-7(2)9(10(15)16)6-13-11-12-5-4-8(3)14-11/h4-5,7,9H,6H2,1-3H3,(H,15,16)(H,12,13,14). The molecule has 0 radical (unpaired) electrons. The van der Waals surface area contributed by atoms with E-state index in [1.165, 1.54) is 0 Å². The van der Waals surface area contributed by atoms with E-state index in [0.29, 0.717) is 12.5 Å². The van der Waals surface area contributed by atoms with Crippen LogP contribution >= 0.6 is 0 Å². The second-order valence-electron chi connectivity index (χ2n) is 4.09. The molecule has 0 aliphatic rings. The first-order valence-electron chi connectivity index (χ1n) is 5.27. The molecule has 0 spiro atoms. The Hall–Kier alpha value is -1.65. The zero-order chi connectivity index (χ0) is 12.1. The lowest BCUT2D eigenvalue weighted by Crippen LogP contribution is -2.28. The molecule has 1 aromatic rings. The van der Waals surface area contributed by atoms with Gasteiger partial charge in [-0.15, -0.1) is 0 Å². The van der Waals surface area contributed by atoms with E-state index in [0.717, 1.165) is 5.69 Å². The zero-order valence-electron chi connectivity index (χ0n) is 9.77. The van der Waals surface area contributed by atoms with Crippen molar-refractivity contribution >= 4 is 11.9 Å². The largest absolute Gasteiger partial charge is 0.481 e. The van der Waals surface area contributed by atoms with Gasteiger partial charge in [-0.05, 0) is 18.9 Å². The predicted molar refractivity (Wildman–Crippen MR) is 61.2 cm³/mol. The highest BCUT2D eigenvalue weighted by molar-refractivity contribution is 5.71. The van der Waals surface area contributed by atoms with E-state index in [1.807, 2.05) is 20.8 Å². The van der Waals surface area contributed by atoms with E-state index in [4.69, 9.17) is 5.11 Å². The molecule has 88 valence electrons. The number of hydrogen-bond acceptors (Lipinski definition) is 4. The molecule has 5 heteroatoms. The van der Waals surface area contributed by atoms with Gasteiger partial charge in [0.25, 0.3) is 0 Å². The number of hydrogen-bond donors (Lipinski definition) is 2. The molecule has 1 heterocycles. The summed E-state index contributed by atoms with van der Waals surface area (Å²) in [7, 11) is 0. The summed E-state index contributed by atoms with van der Waals surface area (Å²) in [5.74, 6) is -0.666. The first kappa shape index (κ1) is 12.4. The summed E-state index contributed by atoms with van der Waals surface area (Å²) >= 11 is 0. The molecular weight excluding hydrogens is 206 g/mol. The molecule has 0 aliphatic heterocycles. The third-order valence-electron chi connectivity index (χ3n) is 2.40. The zero-order valence-corrected chi connectivity index (χ0v) is 9.77. The normalized spacial score (nSPS) is 12.5. The SMILES string of the molecule is Cc1ccnc(NCC(C(=O)O)C(C)C)n1. The summed E-state index contributed by atoms with van der Waals surface area (Å²) in [5.41, 5.74) is 0.855. The summed E-state index contributed by atoms with van der Waals surface area (Å²) in [6, 6.07) is 1.79. The minimum absolute atomic E-state index is 0.0785. The molecule has 0 saturated carbocycles. The van der Waals surface area contributed by atoms with Crippen LogP contribution in [0.15, 0.2) is 12.3 Å². The number of aromatic nitrogens is 2. The molecule has 0 bridgehead atoms. The van der Waals surface area contributed by atoms with Crippen molar-refractivity contribution in [3.63, 3.8) is 0 Å². The molecule has 0 fully saturated rings. The lowest BCUT2D eigenvalue weighted by molar-refractivity contribution is -0.142. The van der Waals surface area contributed by atoms with Crippen LogP contribution in [0.25, 0.3) is 0 Å². The van der Waals surface area contributed by atoms with E-state index in [1.54, 1.807) is 12.3 Å². The van der Waals surface area contributed by atoms with Crippen molar-refractivity contribution in [3.05, 3.63) is 18.0 Å². The summed E-state index contributed by atoms with van der Waals surface area (Å²) in [6.45, 7) is 5.98. The van der Waals surface area contributed by atoms with Crippen molar-refractivity contribution in [3.8, 4) is 0 Å². The van der Waals surface area contributed by atoms with Gasteiger partial charge in [0, 0.05) is 18.4 Å². The van der Waals surface area contributed by atoms with Crippen molar-refractivity contribution in [2.75, 3.05) is 11.9 Å². The maximum atomic E-state index is 10.9. The number of aliphatic carboxylic acids is 1. The van der Waals surface area contributed by atoms with Crippen LogP contribution in [-0.4, -0.2) is 27.6 Å². The van der Waals surface area contributed by atoms with Gasteiger partial charge in [0.2, 0.25) is 5.95 Å². The average Bonchev–Trinajstić information content (AvgIpc) is 2.16. The van der Waals surface area contributed by atoms with E-state index >= 15 is 0 Å². The van der Waals surface area contributed by atoms with E-state index in [-0.39, 0.29) is 5.92 Å². The second kappa shape index (κ2) is 5.44. The van der Waals surface area contributed by atoms with Gasteiger partial charge in [0.15, 0.2) is 0 Å². The average molecular weight is 223 g/mol. The first-order chi connectivity index (χ1) is 7.50. The number of carbonyl (C=O) groups is 1. The molecule has 1 atom stereocenters. The molecule has 2 N–H and O–H groups in total. The fourth-order valence-electron chi connectivity index (χ4n) is 1.34. The Bertz CT molecular complexity index is 366. The van der Waals surface area contributed by atoms with Crippen molar-refractivity contribution in [2.45, 2.75) is 20.8 Å². The third kappa shape index (κ3) is 3.49. The van der Waals surface area contributed by atoms with Crippen LogP contribution in [0.5, 0.6) is 0 Å². The van der Waals surface area contributed by atoms with E-state index < -0.39 is 11.9 Å². The topological polar surface area (TPSA) is 75.1 Å². The van der Waals surface area contributed by atoms with Crippen molar-refractivity contribution in [1.82, 2.24) is 9.97 Å². The Kier molecular flexibility index (Phi) is 4.22. The fourth-order valence-corrected chi connectivity index (χ4v) is 1.34. The van der Waals surface area contributed by atoms with Gasteiger partial charge in [-0.25, -0.2) is 9.97 Å². The monoisotopic (exact) mass is 223 g/mol. The number of carboxylic acids is 1. The van der Waals surface area contributed by atoms with Crippen LogP contribution in [0, 0.1) is 18.8 Å². The molecule has 0 aromatic carbocycles. The quantitative estimate of drug-likeness (QED) is 0.792. The Morgan fingerprint density at radius 3 is 2.75 bits per heavy atom. The van der Waals surface area contributed by atoms with Crippen molar-refractivity contribution in [2.24, 2.45) is 11.8 Å². The summed E-state index contributed by atoms with van der Waals surface area (Å²) in [6.07, 6.45) is 1.65. The number of anilines is 1. The molecule has 1 rings (SSSR count). The predicted octanol–water partition coefficient (Wildman–Crippen LogP) is 1.55. The molecule has 0 amide bonds. The van der Waals surface area contributed by atoms with Gasteiger partial charge in [0.05, 0.1) is 5.92 Å². The summed E-state index contributed by atoms with van der Waals surface area (Å²) in [4.78, 5) is 19.1. The molecule has 1 unspecified atom stereocenters. The Morgan fingerprint density at radius 2 is 2.25 bits per heavy atom. The van der Waals surface area contributed by atoms with Crippen LogP contribution in [0.3, 0.4) is 0 Å². The minimum atomic E-state index is -0.796. The van der Waals surface area contributed by atoms with Crippen LogP contribution in [0.4, 0.5) is 5.95 Å². The first-order valence-corrected chi connectivity index (χ1v) is 5.27. The van der Waals surface area contributed by atoms with Crippen LogP contribution in [-0.2, 0) is 4.79 Å². The third-order valence-corrected chi connectivity index (χ3v) is 2.40. The van der Waals surface area contributed by atoms with Gasteiger partial charge >= 0.3 is 5.97 Å². The van der Waals surface area contributed by atoms with Gasteiger partial charge in [-0.1, -0.05) is 13.8 Å². The minimum Gasteiger partial charge on any atom is -0.481 e. The van der Waals surface area contributed by atoms with Gasteiger partial charge in [-0.3, -0.25) is 4.79 Å². The van der Waals surface area contributed by atoms with Crippen molar-refractivity contribution < 1.29 is 9.90 Å². The fraction of sp³-hybridized carbons (Fsp3) is 0.545. The molecule has 5 nitrogen and oxygen atoms in total. The molecule has 0 saturated heterocycles. The maximum absolute atomic E-state index is 10.9. The van der Waals surface area contributed by atoms with Gasteiger partial charge < -0.3 is 10.4 Å². The lowest BCUT2D eigenvalue weighted by Gasteiger charge is -2.16. The molecule has 16 heavy (non-hydrogen) atoms. The Morgan fingerprint density at radius 1 is 1.56 bits per heavy atom. The molecule has 0 aliphatic carbocycles. The smallest absolute Gasteiger partial charge is 0.308 e. The highest BCUT2D eigenvalue weighted by atomic mass is 16.4. The highest BCUT2D eigenvalue weighted by Crippen LogP contribution is 2.11. The Balaban J connectivity index is 2.59. The molecule has 1 aromatic heterocycles. The van der Waals surface area contributed by atoms with Crippen LogP contribution < -0.4 is 5.32 Å². The second-order valence-corrected chi connectivity index (χ2v) is 4.09. The maximum Gasteiger partial charge on any atom is 0.308 e. The van der Waals surface area contributed by atoms with E-state index in [2.05, 4.69) is 15.3 Å². The summed E-state index contributed by atoms with van der Waals surface area (Å²) < 4.78 is 0. The number of rotatable bonds is 5. The van der Waals surface area contributed by atoms with E-state index in [9.17, 15) is 4.79 Å². The number of nitrogens with one attached hydrogen (secondary N) is 1. The number of aryl methyl sites for hydroxylation is 1. The lowest BCUT2D eigenvalue weighted by atomic mass is 9.96.